The van der Waals surface area contributed by atoms with Crippen LogP contribution in [0.1, 0.15) is 75.3 Å². The molecule has 1 aliphatic rings. The summed E-state index contributed by atoms with van der Waals surface area (Å²) in [4.78, 5) is 13.6. The Labute approximate surface area is 202 Å². The monoisotopic (exact) mass is 457 g/mol. The van der Waals surface area contributed by atoms with Gasteiger partial charge in [0.25, 0.3) is 0 Å². The first-order valence-electron chi connectivity index (χ1n) is 12.1. The average Bonchev–Trinajstić information content (AvgIpc) is 3.27. The summed E-state index contributed by atoms with van der Waals surface area (Å²) in [5, 5.41) is 19.9. The number of aromatic nitrogens is 2. The Bertz CT molecular complexity index is 1170. The SMILES string of the molecule is CCC(CC)(C(=O)NC(=N)c1cnn2c1NC(c1ccccc1)CC2(C)C)c1ccc(C)cc1. The highest BCUT2D eigenvalue weighted by molar-refractivity contribution is 6.11. The van der Waals surface area contributed by atoms with Crippen molar-refractivity contribution in [3.63, 3.8) is 0 Å². The second-order valence-electron chi connectivity index (χ2n) is 9.93. The number of rotatable bonds is 6. The predicted octanol–water partition coefficient (Wildman–Crippen LogP) is 5.68. The van der Waals surface area contributed by atoms with E-state index in [2.05, 4.69) is 41.7 Å². The normalized spacial score (nSPS) is 16.9. The number of hydrogen-bond acceptors (Lipinski definition) is 4. The molecule has 1 aromatic heterocycles. The summed E-state index contributed by atoms with van der Waals surface area (Å²) in [5.41, 5.74) is 3.02. The Kier molecular flexibility index (Phi) is 6.34. The van der Waals surface area contributed by atoms with Crippen LogP contribution in [0.2, 0.25) is 0 Å². The Hall–Kier alpha value is -3.41. The maximum atomic E-state index is 13.6. The predicted molar refractivity (Wildman–Crippen MR) is 137 cm³/mol. The van der Waals surface area contributed by atoms with E-state index >= 15 is 0 Å². The van der Waals surface area contributed by atoms with Crippen molar-refractivity contribution in [3.8, 4) is 0 Å². The van der Waals surface area contributed by atoms with Crippen LogP contribution >= 0.6 is 0 Å². The lowest BCUT2D eigenvalue weighted by molar-refractivity contribution is -0.125. The van der Waals surface area contributed by atoms with Gasteiger partial charge in [0.15, 0.2) is 0 Å². The zero-order valence-corrected chi connectivity index (χ0v) is 20.8. The molecule has 3 aromatic rings. The van der Waals surface area contributed by atoms with Crippen LogP contribution in [-0.2, 0) is 15.7 Å². The molecule has 1 amide bonds. The van der Waals surface area contributed by atoms with Crippen molar-refractivity contribution in [2.24, 2.45) is 0 Å². The second kappa shape index (κ2) is 9.09. The third kappa shape index (κ3) is 4.13. The molecule has 3 N–H and O–H groups in total. The van der Waals surface area contributed by atoms with Gasteiger partial charge >= 0.3 is 0 Å². The first-order valence-corrected chi connectivity index (χ1v) is 12.1. The fraction of sp³-hybridized carbons (Fsp3) is 0.393. The number of anilines is 1. The number of carbonyl (C=O) groups is 1. The first kappa shape index (κ1) is 23.7. The Morgan fingerprint density at radius 2 is 1.79 bits per heavy atom. The summed E-state index contributed by atoms with van der Waals surface area (Å²) in [5.74, 6) is 0.687. The van der Waals surface area contributed by atoms with Crippen LogP contribution in [0.25, 0.3) is 0 Å². The lowest BCUT2D eigenvalue weighted by Gasteiger charge is -2.38. The van der Waals surface area contributed by atoms with Crippen LogP contribution in [0.3, 0.4) is 0 Å². The molecule has 34 heavy (non-hydrogen) atoms. The summed E-state index contributed by atoms with van der Waals surface area (Å²) < 4.78 is 1.94. The molecule has 0 saturated heterocycles. The largest absolute Gasteiger partial charge is 0.363 e. The molecule has 178 valence electrons. The number of nitrogens with zero attached hydrogens (tertiary/aromatic N) is 2. The average molecular weight is 458 g/mol. The van der Waals surface area contributed by atoms with Crippen LogP contribution < -0.4 is 10.6 Å². The van der Waals surface area contributed by atoms with E-state index in [1.54, 1.807) is 6.20 Å². The van der Waals surface area contributed by atoms with E-state index in [-0.39, 0.29) is 23.3 Å². The summed E-state index contributed by atoms with van der Waals surface area (Å²) in [6.07, 6.45) is 3.86. The van der Waals surface area contributed by atoms with E-state index in [1.165, 1.54) is 5.56 Å². The van der Waals surface area contributed by atoms with E-state index in [1.807, 2.05) is 67.9 Å². The maximum absolute atomic E-state index is 13.6. The third-order valence-electron chi connectivity index (χ3n) is 7.31. The van der Waals surface area contributed by atoms with E-state index < -0.39 is 5.41 Å². The number of benzene rings is 2. The van der Waals surface area contributed by atoms with Crippen molar-refractivity contribution < 1.29 is 4.79 Å². The highest BCUT2D eigenvalue weighted by Crippen LogP contribution is 2.40. The van der Waals surface area contributed by atoms with Gasteiger partial charge in [-0.05, 0) is 51.2 Å². The molecule has 0 radical (unpaired) electrons. The van der Waals surface area contributed by atoms with Crippen molar-refractivity contribution in [3.05, 3.63) is 83.0 Å². The molecule has 6 nitrogen and oxygen atoms in total. The van der Waals surface area contributed by atoms with Crippen LogP contribution in [-0.4, -0.2) is 21.5 Å². The number of nitrogens with one attached hydrogen (secondary N) is 3. The number of fused-ring (bicyclic) bond motifs is 1. The fourth-order valence-corrected chi connectivity index (χ4v) is 5.10. The van der Waals surface area contributed by atoms with Crippen molar-refractivity contribution >= 4 is 17.6 Å². The zero-order chi connectivity index (χ0) is 24.5. The van der Waals surface area contributed by atoms with Gasteiger partial charge in [-0.3, -0.25) is 10.2 Å². The van der Waals surface area contributed by atoms with Gasteiger partial charge in [0.2, 0.25) is 5.91 Å². The molecule has 2 heterocycles. The molecular formula is C28H35N5O. The molecular weight excluding hydrogens is 422 g/mol. The fourth-order valence-electron chi connectivity index (χ4n) is 5.10. The zero-order valence-electron chi connectivity index (χ0n) is 20.8. The molecule has 0 bridgehead atoms. The minimum absolute atomic E-state index is 0.0710. The van der Waals surface area contributed by atoms with Crippen LogP contribution in [0.4, 0.5) is 5.82 Å². The molecule has 0 fully saturated rings. The Morgan fingerprint density at radius 3 is 2.41 bits per heavy atom. The van der Waals surface area contributed by atoms with Gasteiger partial charge < -0.3 is 10.6 Å². The van der Waals surface area contributed by atoms with Gasteiger partial charge in [0, 0.05) is 0 Å². The van der Waals surface area contributed by atoms with Crippen LogP contribution in [0, 0.1) is 12.3 Å². The minimum atomic E-state index is -0.688. The van der Waals surface area contributed by atoms with E-state index in [9.17, 15) is 4.79 Å². The number of aryl methyl sites for hydroxylation is 1. The van der Waals surface area contributed by atoms with Crippen LogP contribution in [0.5, 0.6) is 0 Å². The van der Waals surface area contributed by atoms with Gasteiger partial charge in [-0.25, -0.2) is 4.68 Å². The lowest BCUT2D eigenvalue weighted by Crippen LogP contribution is -2.46. The van der Waals surface area contributed by atoms with E-state index in [0.717, 1.165) is 23.4 Å². The summed E-state index contributed by atoms with van der Waals surface area (Å²) in [7, 11) is 0. The molecule has 2 aromatic carbocycles. The topological polar surface area (TPSA) is 82.8 Å². The molecule has 6 heteroatoms. The van der Waals surface area contributed by atoms with Crippen molar-refractivity contribution in [1.29, 1.82) is 5.41 Å². The Balaban J connectivity index is 1.63. The van der Waals surface area contributed by atoms with Gasteiger partial charge in [-0.15, -0.1) is 0 Å². The van der Waals surface area contributed by atoms with Crippen LogP contribution in [0.15, 0.2) is 60.8 Å². The van der Waals surface area contributed by atoms with Gasteiger partial charge in [0.1, 0.15) is 11.7 Å². The smallest absolute Gasteiger partial charge is 0.236 e. The molecule has 1 unspecified atom stereocenters. The first-order chi connectivity index (χ1) is 16.2. The highest BCUT2D eigenvalue weighted by Gasteiger charge is 2.39. The van der Waals surface area contributed by atoms with E-state index in [0.29, 0.717) is 18.4 Å². The highest BCUT2D eigenvalue weighted by atomic mass is 16.2. The Morgan fingerprint density at radius 1 is 1.15 bits per heavy atom. The van der Waals surface area contributed by atoms with Gasteiger partial charge in [-0.2, -0.15) is 5.10 Å². The molecule has 1 aliphatic heterocycles. The minimum Gasteiger partial charge on any atom is -0.363 e. The van der Waals surface area contributed by atoms with Crippen molar-refractivity contribution in [1.82, 2.24) is 15.1 Å². The lowest BCUT2D eigenvalue weighted by atomic mass is 9.74. The summed E-state index contributed by atoms with van der Waals surface area (Å²) >= 11 is 0. The molecule has 0 aliphatic carbocycles. The number of hydrogen-bond donors (Lipinski definition) is 3. The molecule has 4 rings (SSSR count). The quantitative estimate of drug-likeness (QED) is 0.329. The van der Waals surface area contributed by atoms with E-state index in [4.69, 9.17) is 5.41 Å². The number of amidine groups is 1. The standard InChI is InChI=1S/C28H35N5O/c1-6-28(7-2,21-15-13-19(3)14-16-21)26(34)32-24(29)22-18-30-33-25(22)31-23(17-27(33,4)5)20-11-9-8-10-12-20/h8-16,18,23,31H,6-7,17H2,1-5H3,(H2,29,32,34). The van der Waals surface area contributed by atoms with Crippen molar-refractivity contribution in [2.45, 2.75) is 70.9 Å². The molecule has 0 spiro atoms. The molecule has 0 saturated carbocycles. The van der Waals surface area contributed by atoms with Gasteiger partial charge in [-0.1, -0.05) is 74.0 Å². The maximum Gasteiger partial charge on any atom is 0.236 e. The summed E-state index contributed by atoms with van der Waals surface area (Å²) in [6.45, 7) is 10.4. The third-order valence-corrected chi connectivity index (χ3v) is 7.31. The summed E-state index contributed by atoms with van der Waals surface area (Å²) in [6, 6.07) is 18.6. The molecule has 1 atom stereocenters. The van der Waals surface area contributed by atoms with Gasteiger partial charge in [0.05, 0.1) is 28.8 Å². The van der Waals surface area contributed by atoms with Crippen molar-refractivity contribution in [2.75, 3.05) is 5.32 Å². The number of amides is 1. The second-order valence-corrected chi connectivity index (χ2v) is 9.93. The number of carbonyl (C=O) groups excluding carboxylic acids is 1.